The Morgan fingerprint density at radius 3 is 2.08 bits per heavy atom. The first kappa shape index (κ1) is 10.2. The molecule has 70 valence electrons. The third-order valence-corrected chi connectivity index (χ3v) is 6.74. The Morgan fingerprint density at radius 1 is 1.08 bits per heavy atom. The number of hydrogen-bond acceptors (Lipinski definition) is 0. The average molecular weight is 369 g/mol. The number of alkyl halides is 3. The van der Waals surface area contributed by atoms with Crippen molar-refractivity contribution in [3.63, 3.8) is 0 Å². The molecule has 0 radical (unpaired) electrons. The minimum Gasteiger partial charge on any atom is -0.0824 e. The van der Waals surface area contributed by atoms with E-state index < -0.39 is 0 Å². The second kappa shape index (κ2) is 3.35. The van der Waals surface area contributed by atoms with Crippen molar-refractivity contribution >= 4 is 47.8 Å². The first-order chi connectivity index (χ1) is 6.04. The number of halogens is 3. The van der Waals surface area contributed by atoms with Crippen molar-refractivity contribution in [3.05, 3.63) is 35.9 Å². The summed E-state index contributed by atoms with van der Waals surface area (Å²) >= 11 is 11.0. The van der Waals surface area contributed by atoms with E-state index in [9.17, 15) is 0 Å². The fourth-order valence-electron chi connectivity index (χ4n) is 1.42. The summed E-state index contributed by atoms with van der Waals surface area (Å²) in [7, 11) is 0. The largest absolute Gasteiger partial charge is 0.0975 e. The van der Waals surface area contributed by atoms with Crippen LogP contribution < -0.4 is 0 Å². The van der Waals surface area contributed by atoms with Gasteiger partial charge in [0, 0.05) is 0 Å². The predicted octanol–water partition coefficient (Wildman–Crippen LogP) is 4.25. The maximum atomic E-state index is 3.75. The van der Waals surface area contributed by atoms with Crippen LogP contribution in [0.4, 0.5) is 0 Å². The van der Waals surface area contributed by atoms with Crippen LogP contribution in [0.1, 0.15) is 12.0 Å². The second-order valence-electron chi connectivity index (χ2n) is 3.51. The maximum Gasteiger partial charge on any atom is 0.0975 e. The van der Waals surface area contributed by atoms with E-state index in [1.54, 1.807) is 0 Å². The molecule has 0 bridgehead atoms. The van der Waals surface area contributed by atoms with E-state index in [4.69, 9.17) is 0 Å². The lowest BCUT2D eigenvalue weighted by atomic mass is 10.1. The Hall–Kier alpha value is 0.660. The van der Waals surface area contributed by atoms with Crippen LogP contribution >= 0.6 is 47.8 Å². The van der Waals surface area contributed by atoms with Gasteiger partial charge in [-0.15, -0.1) is 0 Å². The van der Waals surface area contributed by atoms with Gasteiger partial charge in [0.2, 0.25) is 0 Å². The highest BCUT2D eigenvalue weighted by atomic mass is 79.9. The topological polar surface area (TPSA) is 0 Å². The molecule has 0 heterocycles. The Morgan fingerprint density at radius 2 is 1.62 bits per heavy atom. The zero-order valence-corrected chi connectivity index (χ0v) is 11.7. The summed E-state index contributed by atoms with van der Waals surface area (Å²) < 4.78 is 0.296. The Kier molecular flexibility index (Phi) is 2.63. The summed E-state index contributed by atoms with van der Waals surface area (Å²) in [6, 6.07) is 10.5. The SMILES string of the molecule is BrC1(Br)CC1(Br)Cc1ccccc1. The van der Waals surface area contributed by atoms with Crippen LogP contribution in [0, 0.1) is 0 Å². The molecule has 0 N–H and O–H groups in total. The molecular formula is C10H9Br3. The van der Waals surface area contributed by atoms with E-state index >= 15 is 0 Å². The molecular weight excluding hydrogens is 360 g/mol. The van der Waals surface area contributed by atoms with Crippen LogP contribution in [0.2, 0.25) is 0 Å². The first-order valence-electron chi connectivity index (χ1n) is 4.14. The number of benzene rings is 1. The van der Waals surface area contributed by atoms with Crippen molar-refractivity contribution in [1.29, 1.82) is 0 Å². The van der Waals surface area contributed by atoms with Crippen LogP contribution in [0.15, 0.2) is 30.3 Å². The average Bonchev–Trinajstić information content (AvgIpc) is 2.51. The standard InChI is InChI=1S/C10H9Br3/c11-9(7-10(9,12)13)6-8-4-2-1-3-5-8/h1-5H,6-7H2. The van der Waals surface area contributed by atoms with E-state index in [-0.39, 0.29) is 7.56 Å². The highest BCUT2D eigenvalue weighted by Gasteiger charge is 2.63. The summed E-state index contributed by atoms with van der Waals surface area (Å²) in [5.74, 6) is 0. The third kappa shape index (κ3) is 2.02. The van der Waals surface area contributed by atoms with E-state index in [0.717, 1.165) is 12.8 Å². The van der Waals surface area contributed by atoms with Crippen molar-refractivity contribution in [2.75, 3.05) is 0 Å². The Balaban J connectivity index is 2.09. The molecule has 0 saturated heterocycles. The van der Waals surface area contributed by atoms with Crippen molar-refractivity contribution in [2.24, 2.45) is 0 Å². The summed E-state index contributed by atoms with van der Waals surface area (Å²) in [5.41, 5.74) is 1.38. The maximum absolute atomic E-state index is 3.75. The smallest absolute Gasteiger partial charge is 0.0824 e. The number of rotatable bonds is 2. The molecule has 1 aliphatic carbocycles. The van der Waals surface area contributed by atoms with Gasteiger partial charge in [-0.1, -0.05) is 78.1 Å². The van der Waals surface area contributed by atoms with Gasteiger partial charge in [-0.2, -0.15) is 0 Å². The van der Waals surface area contributed by atoms with Crippen LogP contribution in [0.5, 0.6) is 0 Å². The minimum atomic E-state index is 0.100. The van der Waals surface area contributed by atoms with Gasteiger partial charge >= 0.3 is 0 Å². The summed E-state index contributed by atoms with van der Waals surface area (Å²) in [4.78, 5) is 0. The predicted molar refractivity (Wildman–Crippen MR) is 67.0 cm³/mol. The molecule has 0 aromatic heterocycles. The fourth-order valence-corrected chi connectivity index (χ4v) is 4.15. The van der Waals surface area contributed by atoms with Crippen LogP contribution in [0.3, 0.4) is 0 Å². The van der Waals surface area contributed by atoms with E-state index in [2.05, 4.69) is 72.1 Å². The summed E-state index contributed by atoms with van der Waals surface area (Å²) in [6.45, 7) is 0. The van der Waals surface area contributed by atoms with Gasteiger partial charge in [-0.25, -0.2) is 0 Å². The van der Waals surface area contributed by atoms with Crippen molar-refractivity contribution in [2.45, 2.75) is 20.4 Å². The van der Waals surface area contributed by atoms with Gasteiger partial charge in [0.05, 0.1) is 7.56 Å². The summed E-state index contributed by atoms with van der Waals surface area (Å²) in [6.07, 6.45) is 2.18. The van der Waals surface area contributed by atoms with Crippen molar-refractivity contribution in [3.8, 4) is 0 Å². The fraction of sp³-hybridized carbons (Fsp3) is 0.400. The van der Waals surface area contributed by atoms with Gasteiger partial charge in [0.1, 0.15) is 0 Å². The second-order valence-corrected chi connectivity index (χ2v) is 8.80. The molecule has 13 heavy (non-hydrogen) atoms. The van der Waals surface area contributed by atoms with Crippen LogP contribution in [-0.2, 0) is 6.42 Å². The van der Waals surface area contributed by atoms with Gasteiger partial charge in [0.25, 0.3) is 0 Å². The van der Waals surface area contributed by atoms with Gasteiger partial charge in [-0.3, -0.25) is 0 Å². The molecule has 0 aliphatic heterocycles. The molecule has 1 aromatic rings. The van der Waals surface area contributed by atoms with Crippen molar-refractivity contribution in [1.82, 2.24) is 0 Å². The minimum absolute atomic E-state index is 0.100. The van der Waals surface area contributed by atoms with E-state index in [1.807, 2.05) is 6.07 Å². The molecule has 2 rings (SSSR count). The Bertz CT molecular complexity index is 307. The zero-order valence-electron chi connectivity index (χ0n) is 6.93. The monoisotopic (exact) mass is 366 g/mol. The molecule has 1 aromatic carbocycles. The van der Waals surface area contributed by atoms with Gasteiger partial charge in [-0.05, 0) is 18.4 Å². The lowest BCUT2D eigenvalue weighted by Gasteiger charge is -2.09. The lowest BCUT2D eigenvalue weighted by Crippen LogP contribution is -2.10. The molecule has 0 nitrogen and oxygen atoms in total. The van der Waals surface area contributed by atoms with Gasteiger partial charge in [0.15, 0.2) is 0 Å². The highest BCUT2D eigenvalue weighted by Crippen LogP contribution is 2.66. The lowest BCUT2D eigenvalue weighted by molar-refractivity contribution is 0.905. The Labute approximate surface area is 103 Å². The number of hydrogen-bond donors (Lipinski definition) is 0. The molecule has 1 fully saturated rings. The molecule has 1 atom stereocenters. The molecule has 0 amide bonds. The van der Waals surface area contributed by atoms with E-state index in [1.165, 1.54) is 5.56 Å². The normalized spacial score (nSPS) is 30.1. The first-order valence-corrected chi connectivity index (χ1v) is 6.52. The molecule has 3 heteroatoms. The zero-order chi connectivity index (χ0) is 9.53. The van der Waals surface area contributed by atoms with E-state index in [0.29, 0.717) is 0 Å². The summed E-state index contributed by atoms with van der Waals surface area (Å²) in [5, 5.41) is 0. The third-order valence-electron chi connectivity index (χ3n) is 2.36. The molecule has 1 aliphatic rings. The van der Waals surface area contributed by atoms with Crippen molar-refractivity contribution < 1.29 is 0 Å². The molecule has 1 saturated carbocycles. The van der Waals surface area contributed by atoms with Crippen LogP contribution in [0.25, 0.3) is 0 Å². The molecule has 1 unspecified atom stereocenters. The quantitative estimate of drug-likeness (QED) is 0.684. The van der Waals surface area contributed by atoms with Crippen LogP contribution in [-0.4, -0.2) is 7.56 Å². The van der Waals surface area contributed by atoms with Gasteiger partial charge < -0.3 is 0 Å². The highest BCUT2D eigenvalue weighted by molar-refractivity contribution is 9.26. The molecule has 0 spiro atoms.